The van der Waals surface area contributed by atoms with Crippen molar-refractivity contribution >= 4 is 0 Å². The molecule has 0 heterocycles. The zero-order valence-electron chi connectivity index (χ0n) is 10.1. The molecule has 0 rings (SSSR count). The normalized spacial score (nSPS) is 9.60. The second kappa shape index (κ2) is 19.5. The first-order chi connectivity index (χ1) is 7.33. The van der Waals surface area contributed by atoms with Crippen LogP contribution in [0, 0.1) is 0 Å². The number of aliphatic hydroxyl groups excluding tert-OH is 3. The zero-order chi connectivity index (χ0) is 11.8. The van der Waals surface area contributed by atoms with Crippen LogP contribution in [0.2, 0.25) is 0 Å². The molecule has 3 N–H and O–H groups in total. The Labute approximate surface area is 94.1 Å². The first-order valence-electron chi connectivity index (χ1n) is 6.16. The van der Waals surface area contributed by atoms with Gasteiger partial charge in [-0.3, -0.25) is 0 Å². The molecule has 0 aromatic heterocycles. The van der Waals surface area contributed by atoms with Crippen molar-refractivity contribution in [3.05, 3.63) is 0 Å². The highest BCUT2D eigenvalue weighted by molar-refractivity contribution is 4.45. The van der Waals surface area contributed by atoms with E-state index in [1.165, 1.54) is 25.7 Å². The predicted molar refractivity (Wildman–Crippen MR) is 63.9 cm³/mol. The highest BCUT2D eigenvalue weighted by Crippen LogP contribution is 2.07. The van der Waals surface area contributed by atoms with Crippen molar-refractivity contribution in [2.45, 2.75) is 58.3 Å². The molecule has 0 spiro atoms. The Hall–Kier alpha value is -0.120. The molecule has 0 amide bonds. The summed E-state index contributed by atoms with van der Waals surface area (Å²) in [6.45, 7) is 2.61. The van der Waals surface area contributed by atoms with Crippen molar-refractivity contribution < 1.29 is 15.3 Å². The summed E-state index contributed by atoms with van der Waals surface area (Å²) in [5, 5.41) is 24.6. The molecule has 0 aliphatic heterocycles. The van der Waals surface area contributed by atoms with E-state index < -0.39 is 0 Å². The van der Waals surface area contributed by atoms with Gasteiger partial charge in [-0.05, 0) is 19.8 Å². The summed E-state index contributed by atoms with van der Waals surface area (Å²) in [6.07, 6.45) is 9.30. The molecular weight excluding hydrogens is 192 g/mol. The maximum absolute atomic E-state index is 8.51. The van der Waals surface area contributed by atoms with Gasteiger partial charge >= 0.3 is 0 Å². The Bertz CT molecular complexity index is 76.9. The zero-order valence-corrected chi connectivity index (χ0v) is 10.1. The molecule has 0 saturated carbocycles. The van der Waals surface area contributed by atoms with Gasteiger partial charge < -0.3 is 15.3 Å². The maximum atomic E-state index is 8.51. The number of unbranched alkanes of at least 4 members (excludes halogenated alkanes) is 7. The van der Waals surface area contributed by atoms with Gasteiger partial charge in [-0.25, -0.2) is 0 Å². The fraction of sp³-hybridized carbons (Fsp3) is 1.00. The predicted octanol–water partition coefficient (Wildman–Crippen LogP) is 2.09. The molecule has 0 atom stereocenters. The van der Waals surface area contributed by atoms with Crippen LogP contribution in [0.5, 0.6) is 0 Å². The van der Waals surface area contributed by atoms with Crippen molar-refractivity contribution in [2.75, 3.05) is 19.8 Å². The second-order valence-electron chi connectivity index (χ2n) is 3.59. The van der Waals surface area contributed by atoms with Crippen molar-refractivity contribution in [2.24, 2.45) is 0 Å². The quantitative estimate of drug-likeness (QED) is 0.521. The number of rotatable bonds is 9. The van der Waals surface area contributed by atoms with Gasteiger partial charge in [0.25, 0.3) is 0 Å². The van der Waals surface area contributed by atoms with Gasteiger partial charge in [0.2, 0.25) is 0 Å². The van der Waals surface area contributed by atoms with Gasteiger partial charge in [-0.15, -0.1) is 0 Å². The maximum Gasteiger partial charge on any atom is 0.0431 e. The fourth-order valence-corrected chi connectivity index (χ4v) is 1.28. The van der Waals surface area contributed by atoms with Crippen LogP contribution in [0.15, 0.2) is 0 Å². The van der Waals surface area contributed by atoms with E-state index in [2.05, 4.69) is 0 Å². The van der Waals surface area contributed by atoms with Crippen LogP contribution in [0.1, 0.15) is 58.3 Å². The van der Waals surface area contributed by atoms with Crippen LogP contribution in [0.3, 0.4) is 0 Å². The Morgan fingerprint density at radius 1 is 0.533 bits per heavy atom. The monoisotopic (exact) mass is 220 g/mol. The molecule has 3 heteroatoms. The van der Waals surface area contributed by atoms with E-state index in [0.717, 1.165) is 25.7 Å². The number of hydrogen-bond acceptors (Lipinski definition) is 3. The molecule has 0 radical (unpaired) electrons. The van der Waals surface area contributed by atoms with E-state index in [1.54, 1.807) is 6.92 Å². The average molecular weight is 220 g/mol. The molecule has 0 unspecified atom stereocenters. The fourth-order valence-electron chi connectivity index (χ4n) is 1.28. The van der Waals surface area contributed by atoms with Gasteiger partial charge in [-0.2, -0.15) is 0 Å². The largest absolute Gasteiger partial charge is 0.397 e. The summed E-state index contributed by atoms with van der Waals surface area (Å²) < 4.78 is 0. The molecule has 0 aromatic rings. The molecule has 0 saturated heterocycles. The third kappa shape index (κ3) is 24.8. The number of aliphatic hydroxyl groups is 3. The average Bonchev–Trinajstić information content (AvgIpc) is 2.23. The van der Waals surface area contributed by atoms with E-state index >= 15 is 0 Å². The van der Waals surface area contributed by atoms with E-state index in [9.17, 15) is 0 Å². The van der Waals surface area contributed by atoms with Crippen LogP contribution >= 0.6 is 0 Å². The van der Waals surface area contributed by atoms with Crippen molar-refractivity contribution in [3.8, 4) is 0 Å². The smallest absolute Gasteiger partial charge is 0.0431 e. The van der Waals surface area contributed by atoms with Crippen molar-refractivity contribution in [3.63, 3.8) is 0 Å². The Morgan fingerprint density at radius 3 is 0.933 bits per heavy atom. The van der Waals surface area contributed by atoms with Crippen LogP contribution in [0.25, 0.3) is 0 Å². The molecular formula is C12H28O3. The Morgan fingerprint density at radius 2 is 0.733 bits per heavy atom. The van der Waals surface area contributed by atoms with Gasteiger partial charge in [0.15, 0.2) is 0 Å². The SMILES string of the molecule is CCO.OCCCCCCCCCCO. The summed E-state index contributed by atoms with van der Waals surface area (Å²) in [5.41, 5.74) is 0. The third-order valence-electron chi connectivity index (χ3n) is 2.07. The van der Waals surface area contributed by atoms with Gasteiger partial charge in [0.05, 0.1) is 0 Å². The van der Waals surface area contributed by atoms with Gasteiger partial charge in [-0.1, -0.05) is 38.5 Å². The first kappa shape index (κ1) is 17.3. The number of hydrogen-bond donors (Lipinski definition) is 3. The van der Waals surface area contributed by atoms with Gasteiger partial charge in [0.1, 0.15) is 0 Å². The van der Waals surface area contributed by atoms with Crippen LogP contribution in [-0.2, 0) is 0 Å². The standard InChI is InChI=1S/C10H22O2.C2H6O/c11-9-7-5-3-1-2-4-6-8-10-12;1-2-3/h11-12H,1-10H2;3H,2H2,1H3. The molecule has 0 aliphatic carbocycles. The summed E-state index contributed by atoms with van der Waals surface area (Å²) >= 11 is 0. The topological polar surface area (TPSA) is 60.7 Å². The highest BCUT2D eigenvalue weighted by Gasteiger charge is 1.90. The van der Waals surface area contributed by atoms with Crippen LogP contribution < -0.4 is 0 Å². The summed E-state index contributed by atoms with van der Waals surface area (Å²) in [5.74, 6) is 0. The molecule has 94 valence electrons. The Balaban J connectivity index is 0. The van der Waals surface area contributed by atoms with E-state index in [-0.39, 0.29) is 6.61 Å². The summed E-state index contributed by atoms with van der Waals surface area (Å²) in [4.78, 5) is 0. The van der Waals surface area contributed by atoms with Crippen LogP contribution in [-0.4, -0.2) is 35.1 Å². The molecule has 0 aliphatic rings. The lowest BCUT2D eigenvalue weighted by atomic mass is 10.1. The molecule has 3 nitrogen and oxygen atoms in total. The van der Waals surface area contributed by atoms with Crippen molar-refractivity contribution in [1.29, 1.82) is 0 Å². The first-order valence-corrected chi connectivity index (χ1v) is 6.16. The minimum Gasteiger partial charge on any atom is -0.397 e. The lowest BCUT2D eigenvalue weighted by Crippen LogP contribution is -1.85. The minimum absolute atomic E-state index is 0.250. The summed E-state index contributed by atoms with van der Waals surface area (Å²) in [7, 11) is 0. The highest BCUT2D eigenvalue weighted by atomic mass is 16.3. The van der Waals surface area contributed by atoms with E-state index in [0.29, 0.717) is 13.2 Å². The Kier molecular flexibility index (Phi) is 22.4. The second-order valence-corrected chi connectivity index (χ2v) is 3.59. The lowest BCUT2D eigenvalue weighted by molar-refractivity contribution is 0.279. The minimum atomic E-state index is 0.250. The van der Waals surface area contributed by atoms with Crippen LogP contribution in [0.4, 0.5) is 0 Å². The molecule has 0 aromatic carbocycles. The molecule has 15 heavy (non-hydrogen) atoms. The lowest BCUT2D eigenvalue weighted by Gasteiger charge is -1.99. The van der Waals surface area contributed by atoms with Crippen molar-refractivity contribution in [1.82, 2.24) is 0 Å². The summed E-state index contributed by atoms with van der Waals surface area (Å²) in [6, 6.07) is 0. The molecule has 0 bridgehead atoms. The van der Waals surface area contributed by atoms with E-state index in [1.807, 2.05) is 0 Å². The van der Waals surface area contributed by atoms with Gasteiger partial charge in [0, 0.05) is 19.8 Å². The van der Waals surface area contributed by atoms with E-state index in [4.69, 9.17) is 15.3 Å². The molecule has 0 fully saturated rings. The third-order valence-corrected chi connectivity index (χ3v) is 2.07.